The summed E-state index contributed by atoms with van der Waals surface area (Å²) in [6.45, 7) is 9.06. The summed E-state index contributed by atoms with van der Waals surface area (Å²) in [7, 11) is 0. The van der Waals surface area contributed by atoms with E-state index in [1.807, 2.05) is 0 Å². The van der Waals surface area contributed by atoms with Crippen molar-refractivity contribution in [1.82, 2.24) is 0 Å². The fraction of sp³-hybridized carbons (Fsp3) is 0.944. The monoisotopic (exact) mass is 1250 g/mol. The molecular formula is C72H140O12V. The molecule has 0 unspecified atom stereocenters. The van der Waals surface area contributed by atoms with Gasteiger partial charge < -0.3 is 40.6 Å². The first kappa shape index (κ1) is 92.0. The number of carbonyl (C=O) groups excluding carboxylic acids is 4. The molecule has 0 saturated carbocycles. The Labute approximate surface area is 538 Å². The van der Waals surface area contributed by atoms with Crippen molar-refractivity contribution in [3.05, 3.63) is 0 Å². The third kappa shape index (κ3) is 96.1. The summed E-state index contributed by atoms with van der Waals surface area (Å²) < 4.78 is 0. The molecule has 0 atom stereocenters. The standard InChI is InChI=1S/4C18H36O3.V/c4*1-2-3-4-5-6-7-8-9-10-11-12-13-14-15-16-17-18(19)21-20;/h4*20H,2-17H2,1H3;/q;;;;+4/p-4. The van der Waals surface area contributed by atoms with Crippen LogP contribution in [0.5, 0.6) is 0 Å². The van der Waals surface area contributed by atoms with Gasteiger partial charge in [-0.3, -0.25) is 19.2 Å². The van der Waals surface area contributed by atoms with E-state index in [1.165, 1.54) is 334 Å². The molecule has 0 aliphatic heterocycles. The van der Waals surface area contributed by atoms with Crippen molar-refractivity contribution < 1.29 is 78.3 Å². The molecule has 12 nitrogen and oxygen atoms in total. The predicted molar refractivity (Wildman–Crippen MR) is 343 cm³/mol. The summed E-state index contributed by atoms with van der Waals surface area (Å²) in [6, 6.07) is 0. The Morgan fingerprint density at radius 2 is 0.259 bits per heavy atom. The summed E-state index contributed by atoms with van der Waals surface area (Å²) in [5, 5.41) is 39.0. The van der Waals surface area contributed by atoms with Crippen LogP contribution in [-0.2, 0) is 57.3 Å². The van der Waals surface area contributed by atoms with Gasteiger partial charge in [0, 0.05) is 25.7 Å². The van der Waals surface area contributed by atoms with E-state index in [-0.39, 0.29) is 44.2 Å². The smallest absolute Gasteiger partial charge is 0.662 e. The average Bonchev–Trinajstić information content (AvgIpc) is 3.51. The number of carbonyl (C=O) groups is 4. The van der Waals surface area contributed by atoms with Crippen molar-refractivity contribution in [2.45, 2.75) is 439 Å². The third-order valence-electron chi connectivity index (χ3n) is 16.3. The average molecular weight is 1250 g/mol. The molecule has 85 heavy (non-hydrogen) atoms. The van der Waals surface area contributed by atoms with Gasteiger partial charge in [-0.1, -0.05) is 387 Å². The molecule has 0 aliphatic rings. The summed E-state index contributed by atoms with van der Waals surface area (Å²) >= 11 is 0. The Kier molecular flexibility index (Phi) is 96.1. The molecule has 0 aromatic carbocycles. The van der Waals surface area contributed by atoms with Gasteiger partial charge in [0.1, 0.15) is 0 Å². The van der Waals surface area contributed by atoms with Crippen LogP contribution in [-0.4, -0.2) is 23.9 Å². The van der Waals surface area contributed by atoms with Gasteiger partial charge in [0.2, 0.25) is 0 Å². The maximum absolute atomic E-state index is 10.6. The van der Waals surface area contributed by atoms with Gasteiger partial charge in [-0.2, -0.15) is 0 Å². The van der Waals surface area contributed by atoms with E-state index in [9.17, 15) is 40.2 Å². The minimum Gasteiger partial charge on any atom is -0.662 e. The largest absolute Gasteiger partial charge is 4.00 e. The molecule has 0 aromatic rings. The third-order valence-corrected chi connectivity index (χ3v) is 16.3. The molecule has 0 heterocycles. The number of rotatable bonds is 64. The van der Waals surface area contributed by atoms with E-state index < -0.39 is 23.9 Å². The van der Waals surface area contributed by atoms with Crippen molar-refractivity contribution in [1.29, 1.82) is 0 Å². The second-order valence-electron chi connectivity index (χ2n) is 24.6. The minimum absolute atomic E-state index is 0. The predicted octanol–water partition coefficient (Wildman–Crippen LogP) is 20.3. The van der Waals surface area contributed by atoms with Crippen LogP contribution in [0.1, 0.15) is 439 Å². The second kappa shape index (κ2) is 88.7. The fourth-order valence-corrected chi connectivity index (χ4v) is 10.7. The van der Waals surface area contributed by atoms with Crippen molar-refractivity contribution >= 4 is 23.9 Å². The van der Waals surface area contributed by atoms with E-state index in [0.29, 0.717) is 0 Å². The summed E-state index contributed by atoms with van der Waals surface area (Å²) in [5.41, 5.74) is 0. The summed E-state index contributed by atoms with van der Waals surface area (Å²) in [6.07, 6.45) is 79.1. The Hall–Kier alpha value is -1.70. The van der Waals surface area contributed by atoms with Crippen LogP contribution in [0, 0.1) is 0 Å². The molecule has 0 bridgehead atoms. The van der Waals surface area contributed by atoms with Gasteiger partial charge >= 0.3 is 18.6 Å². The maximum atomic E-state index is 10.6. The van der Waals surface area contributed by atoms with Crippen LogP contribution < -0.4 is 21.0 Å². The van der Waals surface area contributed by atoms with E-state index in [2.05, 4.69) is 47.2 Å². The Bertz CT molecular complexity index is 1060. The van der Waals surface area contributed by atoms with Crippen molar-refractivity contribution in [3.63, 3.8) is 0 Å². The Morgan fingerprint density at radius 3 is 0.341 bits per heavy atom. The van der Waals surface area contributed by atoms with E-state index in [4.69, 9.17) is 0 Å². The zero-order chi connectivity index (χ0) is 62.4. The van der Waals surface area contributed by atoms with Gasteiger partial charge in [0.05, 0.1) is 0 Å². The molecule has 1 radical (unpaired) electrons. The summed E-state index contributed by atoms with van der Waals surface area (Å²) in [4.78, 5) is 56.0. The first-order chi connectivity index (χ1) is 41.2. The number of hydrogen-bond donors (Lipinski definition) is 0. The maximum Gasteiger partial charge on any atom is 4.00 e. The van der Waals surface area contributed by atoms with E-state index in [0.717, 1.165) is 51.4 Å². The zero-order valence-corrected chi connectivity index (χ0v) is 58.0. The van der Waals surface area contributed by atoms with Gasteiger partial charge in [-0.05, 0) is 25.7 Å². The first-order valence-corrected chi connectivity index (χ1v) is 36.5. The molecule has 13 heteroatoms. The minimum atomic E-state index is -0.621. The molecule has 0 saturated heterocycles. The molecule has 0 amide bonds. The van der Waals surface area contributed by atoms with Crippen LogP contribution in [0.4, 0.5) is 0 Å². The van der Waals surface area contributed by atoms with Gasteiger partial charge in [-0.15, -0.1) is 0 Å². The van der Waals surface area contributed by atoms with Crippen molar-refractivity contribution in [2.24, 2.45) is 0 Å². The van der Waals surface area contributed by atoms with E-state index >= 15 is 0 Å². The molecule has 0 aromatic heterocycles. The summed E-state index contributed by atoms with van der Waals surface area (Å²) in [5.74, 6) is -2.48. The molecule has 505 valence electrons. The van der Waals surface area contributed by atoms with Gasteiger partial charge in [-0.25, -0.2) is 0 Å². The fourth-order valence-electron chi connectivity index (χ4n) is 10.7. The van der Waals surface area contributed by atoms with E-state index in [1.54, 1.807) is 0 Å². The van der Waals surface area contributed by atoms with Gasteiger partial charge in [0.15, 0.2) is 0 Å². The Morgan fingerprint density at radius 1 is 0.176 bits per heavy atom. The molecule has 0 aliphatic carbocycles. The van der Waals surface area contributed by atoms with Crippen LogP contribution in [0.25, 0.3) is 0 Å². The molecule has 0 spiro atoms. The SMILES string of the molecule is CCCCCCCCCCCCCCCCCC(=O)O[O-].CCCCCCCCCCCCCCCCCC(=O)O[O-].CCCCCCCCCCCCCCCCCC(=O)O[O-].CCCCCCCCCCCCCCCCCC(=O)O[O-].[V+4]. The van der Waals surface area contributed by atoms with Crippen molar-refractivity contribution in [2.75, 3.05) is 0 Å². The molecule has 0 N–H and O–H groups in total. The van der Waals surface area contributed by atoms with Crippen LogP contribution >= 0.6 is 0 Å². The molecular weight excluding hydrogens is 1110 g/mol. The van der Waals surface area contributed by atoms with Gasteiger partial charge in [0.25, 0.3) is 23.9 Å². The molecule has 0 fully saturated rings. The van der Waals surface area contributed by atoms with Crippen LogP contribution in [0.3, 0.4) is 0 Å². The van der Waals surface area contributed by atoms with Crippen LogP contribution in [0.2, 0.25) is 0 Å². The normalized spacial score (nSPS) is 10.6. The number of unbranched alkanes of at least 4 members (excludes halogenated alkanes) is 56. The van der Waals surface area contributed by atoms with Crippen LogP contribution in [0.15, 0.2) is 0 Å². The topological polar surface area (TPSA) is 197 Å². The first-order valence-electron chi connectivity index (χ1n) is 36.5. The zero-order valence-electron chi connectivity index (χ0n) is 56.6. The van der Waals surface area contributed by atoms with Crippen molar-refractivity contribution in [3.8, 4) is 0 Å². The second-order valence-corrected chi connectivity index (χ2v) is 24.6. The molecule has 0 rings (SSSR count). The number of hydrogen-bond acceptors (Lipinski definition) is 12. The Balaban J connectivity index is -0.000000333. The quantitative estimate of drug-likeness (QED) is 0.0318.